The van der Waals surface area contributed by atoms with Gasteiger partial charge in [0.25, 0.3) is 0 Å². The van der Waals surface area contributed by atoms with Crippen molar-refractivity contribution in [3.8, 4) is 0 Å². The van der Waals surface area contributed by atoms with Crippen LogP contribution in [0.25, 0.3) is 11.2 Å². The molecule has 1 saturated heterocycles. The van der Waals surface area contributed by atoms with Gasteiger partial charge in [-0.3, -0.25) is 4.57 Å². The summed E-state index contributed by atoms with van der Waals surface area (Å²) in [5.74, 6) is 0.576. The number of nitrogens with zero attached hydrogens (tertiary/aromatic N) is 4. The molecule has 0 saturated carbocycles. The highest BCUT2D eigenvalue weighted by atomic mass is 16.6. The molecule has 0 spiro atoms. The van der Waals surface area contributed by atoms with Crippen LogP contribution in [0, 0.1) is 0 Å². The molecule has 0 bridgehead atoms. The Morgan fingerprint density at radius 3 is 2.12 bits per heavy atom. The Morgan fingerprint density at radius 2 is 1.53 bits per heavy atom. The lowest BCUT2D eigenvalue weighted by Gasteiger charge is -2.20. The molecule has 4 atom stereocenters. The maximum Gasteiger partial charge on any atom is 0.167 e. The minimum atomic E-state index is -1.22. The van der Waals surface area contributed by atoms with Gasteiger partial charge in [-0.1, -0.05) is 60.7 Å². The Labute approximate surface area is 196 Å². The number of fused-ring (bicyclic) bond motifs is 1. The van der Waals surface area contributed by atoms with E-state index in [1.807, 2.05) is 36.4 Å². The quantitative estimate of drug-likeness (QED) is 0.313. The molecule has 3 heterocycles. The fourth-order valence-electron chi connectivity index (χ4n) is 4.42. The lowest BCUT2D eigenvalue weighted by molar-refractivity contribution is -0.0511. The van der Waals surface area contributed by atoms with Gasteiger partial charge in [-0.2, -0.15) is 0 Å². The smallest absolute Gasteiger partial charge is 0.167 e. The topological polar surface area (TPSA) is 126 Å². The second-order valence-electron chi connectivity index (χ2n) is 8.50. The van der Waals surface area contributed by atoms with Crippen molar-refractivity contribution in [2.24, 2.45) is 0 Å². The van der Waals surface area contributed by atoms with Crippen molar-refractivity contribution in [1.82, 2.24) is 19.5 Å². The number of hydrogen-bond acceptors (Lipinski definition) is 8. The molecule has 2 aromatic heterocycles. The number of imidazole rings is 1. The molecule has 1 unspecified atom stereocenters. The van der Waals surface area contributed by atoms with Gasteiger partial charge in [0.05, 0.1) is 12.9 Å². The van der Waals surface area contributed by atoms with Crippen LogP contribution in [0.5, 0.6) is 0 Å². The molecule has 9 nitrogen and oxygen atoms in total. The minimum Gasteiger partial charge on any atom is -0.394 e. The molecule has 2 aromatic carbocycles. The first kappa shape index (κ1) is 22.4. The molecule has 34 heavy (non-hydrogen) atoms. The van der Waals surface area contributed by atoms with Crippen molar-refractivity contribution in [3.63, 3.8) is 0 Å². The summed E-state index contributed by atoms with van der Waals surface area (Å²) in [4.78, 5) is 13.3. The summed E-state index contributed by atoms with van der Waals surface area (Å²) in [7, 11) is 0. The van der Waals surface area contributed by atoms with E-state index in [2.05, 4.69) is 44.5 Å². The van der Waals surface area contributed by atoms with Gasteiger partial charge in [0.15, 0.2) is 23.2 Å². The lowest BCUT2D eigenvalue weighted by Crippen LogP contribution is -2.33. The van der Waals surface area contributed by atoms with Crippen LogP contribution in [-0.4, -0.2) is 65.8 Å². The number of benzene rings is 2. The minimum absolute atomic E-state index is 0.0435. The average Bonchev–Trinajstić information content (AvgIpc) is 3.42. The molecule has 1 fully saturated rings. The van der Waals surface area contributed by atoms with Gasteiger partial charge < -0.3 is 25.4 Å². The molecular formula is C25H27N5O4. The number of hydrogen-bond donors (Lipinski definition) is 4. The van der Waals surface area contributed by atoms with Crippen LogP contribution in [0.1, 0.15) is 17.4 Å². The normalized spacial score (nSPS) is 22.5. The van der Waals surface area contributed by atoms with Gasteiger partial charge in [0.2, 0.25) is 0 Å². The zero-order valence-corrected chi connectivity index (χ0v) is 18.5. The Kier molecular flexibility index (Phi) is 6.50. The lowest BCUT2D eigenvalue weighted by atomic mass is 9.99. The molecule has 0 aliphatic carbocycles. The molecular weight excluding hydrogens is 434 g/mol. The summed E-state index contributed by atoms with van der Waals surface area (Å²) < 4.78 is 7.22. The summed E-state index contributed by atoms with van der Waals surface area (Å²) in [6.07, 6.45) is 0.314. The van der Waals surface area contributed by atoms with E-state index in [1.165, 1.54) is 23.8 Å². The third-order valence-electron chi connectivity index (χ3n) is 6.14. The van der Waals surface area contributed by atoms with Crippen molar-refractivity contribution in [3.05, 3.63) is 84.4 Å². The maximum absolute atomic E-state index is 10.4. The highest BCUT2D eigenvalue weighted by Gasteiger charge is 2.44. The molecule has 1 aliphatic rings. The van der Waals surface area contributed by atoms with Gasteiger partial charge >= 0.3 is 0 Å². The highest BCUT2D eigenvalue weighted by Crippen LogP contribution is 2.32. The Morgan fingerprint density at radius 1 is 0.882 bits per heavy atom. The second kappa shape index (κ2) is 9.86. The van der Waals surface area contributed by atoms with E-state index in [4.69, 9.17) is 4.74 Å². The average molecular weight is 462 g/mol. The number of aliphatic hydroxyl groups excluding tert-OH is 3. The first-order chi connectivity index (χ1) is 16.6. The third kappa shape index (κ3) is 4.51. The van der Waals surface area contributed by atoms with Crippen LogP contribution < -0.4 is 5.32 Å². The fourth-order valence-corrected chi connectivity index (χ4v) is 4.42. The van der Waals surface area contributed by atoms with Crippen LogP contribution in [0.4, 0.5) is 5.82 Å². The number of anilines is 1. The zero-order valence-electron chi connectivity index (χ0n) is 18.5. The standard InChI is InChI=1S/C25H27N5O4/c31-13-19-21(32)22(33)25(34-19)30-15-28-20-23(26-14-27-24(20)30)29-18(11-16-7-3-1-4-8-16)12-17-9-5-2-6-10-17/h1-10,14-15,18-19,21-22,25,31-33H,11-13H2,(H,26,27,29)/t19-,21-,22-,25?/m1/s1. The van der Waals surface area contributed by atoms with Gasteiger partial charge in [0, 0.05) is 6.04 Å². The van der Waals surface area contributed by atoms with E-state index in [1.54, 1.807) is 4.57 Å². The number of ether oxygens (including phenoxy) is 1. The molecule has 0 amide bonds. The van der Waals surface area contributed by atoms with Crippen molar-refractivity contribution < 1.29 is 20.1 Å². The van der Waals surface area contributed by atoms with Gasteiger partial charge in [-0.15, -0.1) is 0 Å². The van der Waals surface area contributed by atoms with E-state index in [0.29, 0.717) is 17.0 Å². The SMILES string of the molecule is OC[C@H]1OC(n2cnc3c(NC(Cc4ccccc4)Cc4ccccc4)ncnc32)[C@H](O)[C@@H]1O. The number of rotatable bonds is 8. The predicted octanol–water partition coefficient (Wildman–Crippen LogP) is 1.70. The van der Waals surface area contributed by atoms with E-state index in [9.17, 15) is 15.3 Å². The number of aliphatic hydroxyl groups is 3. The fraction of sp³-hybridized carbons (Fsp3) is 0.320. The molecule has 176 valence electrons. The van der Waals surface area contributed by atoms with Crippen LogP contribution >= 0.6 is 0 Å². The molecule has 1 aliphatic heterocycles. The zero-order chi connectivity index (χ0) is 23.5. The summed E-state index contributed by atoms with van der Waals surface area (Å²) in [6, 6.07) is 20.6. The van der Waals surface area contributed by atoms with Crippen LogP contribution in [0.3, 0.4) is 0 Å². The van der Waals surface area contributed by atoms with Crippen molar-refractivity contribution in [1.29, 1.82) is 0 Å². The van der Waals surface area contributed by atoms with E-state index >= 15 is 0 Å². The molecule has 0 radical (unpaired) electrons. The Hall–Kier alpha value is -3.37. The maximum atomic E-state index is 10.4. The van der Waals surface area contributed by atoms with E-state index in [-0.39, 0.29) is 6.04 Å². The summed E-state index contributed by atoms with van der Waals surface area (Å²) >= 11 is 0. The highest BCUT2D eigenvalue weighted by molar-refractivity contribution is 5.82. The second-order valence-corrected chi connectivity index (χ2v) is 8.50. The first-order valence-electron chi connectivity index (χ1n) is 11.3. The monoisotopic (exact) mass is 461 g/mol. The van der Waals surface area contributed by atoms with Crippen molar-refractivity contribution >= 4 is 17.0 Å². The predicted molar refractivity (Wildman–Crippen MR) is 126 cm³/mol. The van der Waals surface area contributed by atoms with Gasteiger partial charge in [-0.05, 0) is 24.0 Å². The van der Waals surface area contributed by atoms with Crippen LogP contribution in [-0.2, 0) is 17.6 Å². The number of nitrogens with one attached hydrogen (secondary N) is 1. The van der Waals surface area contributed by atoms with E-state index < -0.39 is 31.1 Å². The largest absolute Gasteiger partial charge is 0.394 e. The number of aromatic nitrogens is 4. The van der Waals surface area contributed by atoms with Crippen LogP contribution in [0.2, 0.25) is 0 Å². The molecule has 4 N–H and O–H groups in total. The summed E-state index contributed by atoms with van der Waals surface area (Å²) in [5, 5.41) is 33.5. The van der Waals surface area contributed by atoms with Gasteiger partial charge in [-0.25, -0.2) is 15.0 Å². The van der Waals surface area contributed by atoms with Crippen molar-refractivity contribution in [2.45, 2.75) is 43.4 Å². The van der Waals surface area contributed by atoms with Crippen molar-refractivity contribution in [2.75, 3.05) is 11.9 Å². The first-order valence-corrected chi connectivity index (χ1v) is 11.3. The Bertz CT molecular complexity index is 1180. The molecule has 4 aromatic rings. The summed E-state index contributed by atoms with van der Waals surface area (Å²) in [6.45, 7) is -0.399. The van der Waals surface area contributed by atoms with E-state index in [0.717, 1.165) is 12.8 Å². The molecule has 9 heteroatoms. The summed E-state index contributed by atoms with van der Waals surface area (Å²) in [5.41, 5.74) is 3.41. The van der Waals surface area contributed by atoms with Crippen LogP contribution in [0.15, 0.2) is 73.3 Å². The van der Waals surface area contributed by atoms with Gasteiger partial charge in [0.1, 0.15) is 24.6 Å². The third-order valence-corrected chi connectivity index (χ3v) is 6.14. The Balaban J connectivity index is 1.44. The molecule has 5 rings (SSSR count).